The first-order valence-corrected chi connectivity index (χ1v) is 8.01. The van der Waals surface area contributed by atoms with Crippen LogP contribution in [0, 0.1) is 6.92 Å². The smallest absolute Gasteiger partial charge is 0.174 e. The summed E-state index contributed by atoms with van der Waals surface area (Å²) in [6.07, 6.45) is 0. The number of rotatable bonds is 5. The fraction of sp³-hybridized carbons (Fsp3) is 0.385. The third kappa shape index (κ3) is 4.45. The van der Waals surface area contributed by atoms with Crippen LogP contribution in [0.1, 0.15) is 25.2 Å². The molecule has 0 radical (unpaired) electrons. The molecule has 0 aliphatic heterocycles. The molecule has 2 aromatic rings. The van der Waals surface area contributed by atoms with Gasteiger partial charge in [0.15, 0.2) is 4.34 Å². The molecule has 0 amide bonds. The molecule has 0 saturated heterocycles. The van der Waals surface area contributed by atoms with Gasteiger partial charge in [0.25, 0.3) is 0 Å². The summed E-state index contributed by atoms with van der Waals surface area (Å²) in [5.74, 6) is 0.807. The molecule has 0 fully saturated rings. The Morgan fingerprint density at radius 3 is 2.79 bits per heavy atom. The molecule has 1 aromatic carbocycles. The van der Waals surface area contributed by atoms with E-state index >= 15 is 0 Å². The van der Waals surface area contributed by atoms with Crippen LogP contribution in [0.3, 0.4) is 0 Å². The Hall–Kier alpha value is -0.620. The van der Waals surface area contributed by atoms with Gasteiger partial charge < -0.3 is 5.32 Å². The normalized spacial score (nSPS) is 11.2. The zero-order valence-electron chi connectivity index (χ0n) is 11.1. The monoisotopic (exact) mass is 313 g/mol. The van der Waals surface area contributed by atoms with Crippen LogP contribution in [0.25, 0.3) is 0 Å². The summed E-state index contributed by atoms with van der Waals surface area (Å²) in [7, 11) is 0. The molecule has 1 aromatic heterocycles. The average Bonchev–Trinajstić information content (AvgIpc) is 2.75. The van der Waals surface area contributed by atoms with Crippen molar-refractivity contribution < 1.29 is 0 Å². The number of aromatic nitrogens is 2. The van der Waals surface area contributed by atoms with Gasteiger partial charge in [0, 0.05) is 17.5 Å². The molecule has 0 aliphatic carbocycles. The minimum atomic E-state index is 0.470. The van der Waals surface area contributed by atoms with Crippen molar-refractivity contribution >= 4 is 34.9 Å². The Balaban J connectivity index is 2.06. The van der Waals surface area contributed by atoms with Gasteiger partial charge in [-0.25, -0.2) is 4.98 Å². The van der Waals surface area contributed by atoms with E-state index in [2.05, 4.69) is 34.6 Å². The average molecular weight is 314 g/mol. The lowest BCUT2D eigenvalue weighted by Gasteiger charge is -2.09. The van der Waals surface area contributed by atoms with Crippen LogP contribution >= 0.6 is 34.9 Å². The van der Waals surface area contributed by atoms with Crippen LogP contribution in [0.5, 0.6) is 0 Å². The number of hydrogen-bond acceptors (Lipinski definition) is 5. The maximum Gasteiger partial charge on any atom is 0.174 e. The molecule has 1 N–H and O–H groups in total. The van der Waals surface area contributed by atoms with E-state index in [1.165, 1.54) is 17.1 Å². The Morgan fingerprint density at radius 1 is 1.42 bits per heavy atom. The first-order chi connectivity index (χ1) is 9.04. The first kappa shape index (κ1) is 14.8. The van der Waals surface area contributed by atoms with E-state index in [4.69, 9.17) is 11.6 Å². The van der Waals surface area contributed by atoms with E-state index in [-0.39, 0.29) is 0 Å². The zero-order valence-corrected chi connectivity index (χ0v) is 13.5. The van der Waals surface area contributed by atoms with Gasteiger partial charge in [0.1, 0.15) is 5.82 Å². The highest BCUT2D eigenvalue weighted by Crippen LogP contribution is 2.34. The zero-order chi connectivity index (χ0) is 13.8. The summed E-state index contributed by atoms with van der Waals surface area (Å²) >= 11 is 9.27. The number of hydrogen-bond donors (Lipinski definition) is 1. The van der Waals surface area contributed by atoms with E-state index in [0.29, 0.717) is 6.04 Å². The molecule has 102 valence electrons. The highest BCUT2D eigenvalue weighted by Gasteiger charge is 2.08. The van der Waals surface area contributed by atoms with Gasteiger partial charge in [-0.1, -0.05) is 43.3 Å². The molecular weight excluding hydrogens is 298 g/mol. The van der Waals surface area contributed by atoms with Crippen molar-refractivity contribution in [2.45, 2.75) is 42.6 Å². The Kier molecular flexibility index (Phi) is 5.21. The van der Waals surface area contributed by atoms with Crippen molar-refractivity contribution in [3.63, 3.8) is 0 Å². The van der Waals surface area contributed by atoms with Crippen LogP contribution < -0.4 is 5.32 Å². The van der Waals surface area contributed by atoms with Crippen molar-refractivity contribution in [2.24, 2.45) is 0 Å². The predicted octanol–water partition coefficient (Wildman–Crippen LogP) is 4.15. The lowest BCUT2D eigenvalue weighted by molar-refractivity contribution is 0.589. The summed E-state index contributed by atoms with van der Waals surface area (Å²) in [4.78, 5) is 5.35. The molecule has 0 spiro atoms. The second kappa shape index (κ2) is 6.70. The summed E-state index contributed by atoms with van der Waals surface area (Å²) < 4.78 is 5.09. The fourth-order valence-electron chi connectivity index (χ4n) is 1.47. The standard InChI is InChI=1S/C13H16ClN3S2/c1-8(2)15-7-10-4-5-12(11(14)6-10)18-13-16-9(3)17-19-13/h4-6,8,15H,7H2,1-3H3. The topological polar surface area (TPSA) is 37.8 Å². The maximum atomic E-state index is 6.31. The van der Waals surface area contributed by atoms with Gasteiger partial charge in [0.05, 0.1) is 5.02 Å². The second-order valence-electron chi connectivity index (χ2n) is 4.51. The Bertz CT molecular complexity index is 555. The quantitative estimate of drug-likeness (QED) is 0.900. The van der Waals surface area contributed by atoms with E-state index in [1.54, 1.807) is 11.8 Å². The van der Waals surface area contributed by atoms with Crippen LogP contribution in [0.2, 0.25) is 5.02 Å². The maximum absolute atomic E-state index is 6.31. The summed E-state index contributed by atoms with van der Waals surface area (Å²) in [5.41, 5.74) is 1.19. The SMILES string of the molecule is Cc1nsc(Sc2ccc(CNC(C)C)cc2Cl)n1. The van der Waals surface area contributed by atoms with Gasteiger partial charge >= 0.3 is 0 Å². The van der Waals surface area contributed by atoms with Gasteiger partial charge in [0.2, 0.25) is 0 Å². The summed E-state index contributed by atoms with van der Waals surface area (Å²) in [6.45, 7) is 6.98. The third-order valence-electron chi connectivity index (χ3n) is 2.42. The van der Waals surface area contributed by atoms with E-state index in [9.17, 15) is 0 Å². The van der Waals surface area contributed by atoms with Crippen molar-refractivity contribution in [1.29, 1.82) is 0 Å². The van der Waals surface area contributed by atoms with Gasteiger partial charge in [-0.15, -0.1) is 0 Å². The number of nitrogens with one attached hydrogen (secondary N) is 1. The van der Waals surface area contributed by atoms with Crippen LogP contribution in [0.4, 0.5) is 0 Å². The number of aryl methyl sites for hydroxylation is 1. The number of benzene rings is 1. The van der Waals surface area contributed by atoms with Gasteiger partial charge in [-0.3, -0.25) is 0 Å². The van der Waals surface area contributed by atoms with E-state index in [1.807, 2.05) is 19.1 Å². The van der Waals surface area contributed by atoms with Crippen LogP contribution in [0.15, 0.2) is 27.4 Å². The molecule has 0 saturated carbocycles. The molecular formula is C13H16ClN3S2. The van der Waals surface area contributed by atoms with Gasteiger partial charge in [-0.2, -0.15) is 4.37 Å². The van der Waals surface area contributed by atoms with E-state index < -0.39 is 0 Å². The Labute approximate surface area is 127 Å². The van der Waals surface area contributed by atoms with Crippen LogP contribution in [-0.2, 0) is 6.54 Å². The predicted molar refractivity (Wildman–Crippen MR) is 82.2 cm³/mol. The molecule has 1 heterocycles. The fourth-order valence-corrected chi connectivity index (χ4v) is 3.40. The highest BCUT2D eigenvalue weighted by atomic mass is 35.5. The summed E-state index contributed by atoms with van der Waals surface area (Å²) in [6, 6.07) is 6.61. The lowest BCUT2D eigenvalue weighted by atomic mass is 10.2. The first-order valence-electron chi connectivity index (χ1n) is 6.04. The largest absolute Gasteiger partial charge is 0.310 e. The van der Waals surface area contributed by atoms with Crippen molar-refractivity contribution in [3.8, 4) is 0 Å². The lowest BCUT2D eigenvalue weighted by Crippen LogP contribution is -2.21. The second-order valence-corrected chi connectivity index (χ2v) is 6.96. The third-order valence-corrected chi connectivity index (χ3v) is 4.76. The minimum absolute atomic E-state index is 0.470. The number of nitrogens with zero attached hydrogens (tertiary/aromatic N) is 2. The van der Waals surface area contributed by atoms with Crippen molar-refractivity contribution in [2.75, 3.05) is 0 Å². The van der Waals surface area contributed by atoms with Crippen LogP contribution in [-0.4, -0.2) is 15.4 Å². The summed E-state index contributed by atoms with van der Waals surface area (Å²) in [5, 5.41) is 4.14. The Morgan fingerprint density at radius 2 is 2.21 bits per heavy atom. The molecule has 0 unspecified atom stereocenters. The molecule has 0 bridgehead atoms. The van der Waals surface area contributed by atoms with Crippen molar-refractivity contribution in [1.82, 2.24) is 14.7 Å². The van der Waals surface area contributed by atoms with E-state index in [0.717, 1.165) is 26.6 Å². The highest BCUT2D eigenvalue weighted by molar-refractivity contribution is 8.01. The molecule has 0 aliphatic rings. The molecule has 6 heteroatoms. The van der Waals surface area contributed by atoms with Crippen molar-refractivity contribution in [3.05, 3.63) is 34.6 Å². The molecule has 0 atom stereocenters. The molecule has 19 heavy (non-hydrogen) atoms. The number of halogens is 1. The molecule has 3 nitrogen and oxygen atoms in total. The molecule has 2 rings (SSSR count). The minimum Gasteiger partial charge on any atom is -0.310 e. The van der Waals surface area contributed by atoms with Gasteiger partial charge in [-0.05, 0) is 36.2 Å².